The highest BCUT2D eigenvalue weighted by atomic mass is 32.2. The van der Waals surface area contributed by atoms with Crippen molar-refractivity contribution in [1.82, 2.24) is 14.9 Å². The van der Waals surface area contributed by atoms with Crippen LogP contribution in [-0.4, -0.2) is 51.9 Å². The number of thiophene rings is 1. The summed E-state index contributed by atoms with van der Waals surface area (Å²) >= 11 is 1.36. The standard InChI is InChI=1S/C20H34N4O2S2/c1-4-24(5-2)28(25,26)19-12-11-18(27-19)14-16-23-20(21-3)22-15-13-17-9-7-6-8-10-17/h9,11-12H,4-8,10,13-16H2,1-3H3,(H2,21,22,23). The van der Waals surface area contributed by atoms with Crippen LogP contribution in [0.15, 0.2) is 33.0 Å². The van der Waals surface area contributed by atoms with Crippen LogP contribution in [0, 0.1) is 0 Å². The summed E-state index contributed by atoms with van der Waals surface area (Å²) in [6.45, 7) is 6.31. The van der Waals surface area contributed by atoms with Gasteiger partial charge < -0.3 is 10.6 Å². The van der Waals surface area contributed by atoms with E-state index in [-0.39, 0.29) is 0 Å². The number of guanidine groups is 1. The number of rotatable bonds is 10. The van der Waals surface area contributed by atoms with E-state index in [0.717, 1.165) is 30.2 Å². The van der Waals surface area contributed by atoms with E-state index in [2.05, 4.69) is 21.7 Å². The average Bonchev–Trinajstić information content (AvgIpc) is 3.18. The molecule has 1 aromatic heterocycles. The first-order valence-corrected chi connectivity index (χ1v) is 12.5. The third-order valence-corrected chi connectivity index (χ3v) is 8.61. The van der Waals surface area contributed by atoms with Crippen LogP contribution in [0.25, 0.3) is 0 Å². The molecule has 0 aliphatic heterocycles. The highest BCUT2D eigenvalue weighted by molar-refractivity contribution is 7.91. The quantitative estimate of drug-likeness (QED) is 0.342. The molecule has 8 heteroatoms. The molecule has 0 atom stereocenters. The Morgan fingerprint density at radius 3 is 2.46 bits per heavy atom. The molecule has 1 aliphatic carbocycles. The van der Waals surface area contributed by atoms with Gasteiger partial charge in [0.15, 0.2) is 5.96 Å². The zero-order chi connectivity index (χ0) is 20.4. The zero-order valence-corrected chi connectivity index (χ0v) is 19.0. The highest BCUT2D eigenvalue weighted by Gasteiger charge is 2.23. The van der Waals surface area contributed by atoms with Gasteiger partial charge in [0.25, 0.3) is 10.0 Å². The Morgan fingerprint density at radius 2 is 1.86 bits per heavy atom. The lowest BCUT2D eigenvalue weighted by Crippen LogP contribution is -2.38. The normalized spacial score (nSPS) is 15.6. The first kappa shape index (κ1) is 22.9. The van der Waals surface area contributed by atoms with Crippen LogP contribution in [0.1, 0.15) is 50.8 Å². The van der Waals surface area contributed by atoms with Crippen molar-refractivity contribution < 1.29 is 8.42 Å². The van der Waals surface area contributed by atoms with Gasteiger partial charge in [-0.25, -0.2) is 8.42 Å². The summed E-state index contributed by atoms with van der Waals surface area (Å²) in [5.74, 6) is 0.795. The number of allylic oxidation sites excluding steroid dienone is 1. The van der Waals surface area contributed by atoms with Gasteiger partial charge in [-0.15, -0.1) is 11.3 Å². The first-order valence-electron chi connectivity index (χ1n) is 10.2. The molecule has 1 aliphatic rings. The number of hydrogen-bond acceptors (Lipinski definition) is 4. The Morgan fingerprint density at radius 1 is 1.14 bits per heavy atom. The van der Waals surface area contributed by atoms with Crippen molar-refractivity contribution in [1.29, 1.82) is 0 Å². The van der Waals surface area contributed by atoms with Crippen molar-refractivity contribution in [2.75, 3.05) is 33.2 Å². The van der Waals surface area contributed by atoms with Crippen LogP contribution >= 0.6 is 11.3 Å². The van der Waals surface area contributed by atoms with E-state index in [1.807, 2.05) is 19.9 Å². The molecule has 0 radical (unpaired) electrons. The molecule has 0 bridgehead atoms. The van der Waals surface area contributed by atoms with Gasteiger partial charge in [0.1, 0.15) is 4.21 Å². The zero-order valence-electron chi connectivity index (χ0n) is 17.3. The van der Waals surface area contributed by atoms with Crippen LogP contribution < -0.4 is 10.6 Å². The molecule has 6 nitrogen and oxygen atoms in total. The largest absolute Gasteiger partial charge is 0.356 e. The fourth-order valence-electron chi connectivity index (χ4n) is 3.32. The van der Waals surface area contributed by atoms with Gasteiger partial charge in [-0.3, -0.25) is 4.99 Å². The van der Waals surface area contributed by atoms with Gasteiger partial charge in [-0.1, -0.05) is 25.5 Å². The van der Waals surface area contributed by atoms with Crippen LogP contribution in [0.3, 0.4) is 0 Å². The van der Waals surface area contributed by atoms with E-state index in [9.17, 15) is 8.42 Å². The van der Waals surface area contributed by atoms with Gasteiger partial charge in [0, 0.05) is 38.1 Å². The molecule has 158 valence electrons. The molecular weight excluding hydrogens is 392 g/mol. The van der Waals surface area contributed by atoms with E-state index in [0.29, 0.717) is 23.8 Å². The van der Waals surface area contributed by atoms with Gasteiger partial charge in [0.2, 0.25) is 0 Å². The van der Waals surface area contributed by atoms with Crippen molar-refractivity contribution in [2.45, 2.75) is 56.6 Å². The second kappa shape index (κ2) is 11.6. The Labute approximate surface area is 174 Å². The molecule has 2 N–H and O–H groups in total. The molecule has 0 unspecified atom stereocenters. The second-order valence-electron chi connectivity index (χ2n) is 6.84. The van der Waals surface area contributed by atoms with Gasteiger partial charge in [-0.05, 0) is 50.7 Å². The molecule has 0 aromatic carbocycles. The summed E-state index contributed by atoms with van der Waals surface area (Å²) in [7, 11) is -1.59. The number of hydrogen-bond donors (Lipinski definition) is 2. The smallest absolute Gasteiger partial charge is 0.252 e. The van der Waals surface area contributed by atoms with Crippen molar-refractivity contribution >= 4 is 27.3 Å². The lowest BCUT2D eigenvalue weighted by Gasteiger charge is -2.16. The third-order valence-electron chi connectivity index (χ3n) is 4.95. The van der Waals surface area contributed by atoms with E-state index >= 15 is 0 Å². The van der Waals surface area contributed by atoms with E-state index in [4.69, 9.17) is 0 Å². The molecule has 1 heterocycles. The van der Waals surface area contributed by atoms with Gasteiger partial charge >= 0.3 is 0 Å². The van der Waals surface area contributed by atoms with E-state index < -0.39 is 10.0 Å². The Kier molecular flexibility index (Phi) is 9.47. The van der Waals surface area contributed by atoms with Crippen LogP contribution in [0.4, 0.5) is 0 Å². The first-order chi connectivity index (χ1) is 13.5. The third kappa shape index (κ3) is 6.60. The number of aliphatic imine (C=N–C) groups is 1. The predicted molar refractivity (Wildman–Crippen MR) is 119 cm³/mol. The summed E-state index contributed by atoms with van der Waals surface area (Å²) in [4.78, 5) is 5.32. The molecule has 2 rings (SSSR count). The predicted octanol–water partition coefficient (Wildman–Crippen LogP) is 3.38. The molecule has 0 amide bonds. The minimum absolute atomic E-state index is 0.425. The number of sulfonamides is 1. The number of nitrogens with zero attached hydrogens (tertiary/aromatic N) is 2. The molecular formula is C20H34N4O2S2. The van der Waals surface area contributed by atoms with E-state index in [1.54, 1.807) is 18.7 Å². The van der Waals surface area contributed by atoms with Gasteiger partial charge in [-0.2, -0.15) is 4.31 Å². The summed E-state index contributed by atoms with van der Waals surface area (Å²) in [6, 6.07) is 3.63. The van der Waals surface area contributed by atoms with Crippen LogP contribution in [0.5, 0.6) is 0 Å². The summed E-state index contributed by atoms with van der Waals surface area (Å²) < 4.78 is 27.1. The summed E-state index contributed by atoms with van der Waals surface area (Å²) in [5.41, 5.74) is 1.55. The average molecular weight is 427 g/mol. The molecule has 0 fully saturated rings. The Hall–Kier alpha value is -1.38. The minimum Gasteiger partial charge on any atom is -0.356 e. The maximum absolute atomic E-state index is 12.6. The van der Waals surface area contributed by atoms with E-state index in [1.165, 1.54) is 41.3 Å². The topological polar surface area (TPSA) is 73.8 Å². The van der Waals surface area contributed by atoms with Gasteiger partial charge in [0.05, 0.1) is 0 Å². The second-order valence-corrected chi connectivity index (χ2v) is 10.2. The fraction of sp³-hybridized carbons (Fsp3) is 0.650. The minimum atomic E-state index is -3.36. The lowest BCUT2D eigenvalue weighted by molar-refractivity contribution is 0.447. The molecule has 28 heavy (non-hydrogen) atoms. The Bertz CT molecular complexity index is 765. The van der Waals surface area contributed by atoms with Crippen molar-refractivity contribution in [2.24, 2.45) is 4.99 Å². The molecule has 1 aromatic rings. The summed E-state index contributed by atoms with van der Waals surface area (Å²) in [6.07, 6.45) is 9.29. The summed E-state index contributed by atoms with van der Waals surface area (Å²) in [5, 5.41) is 6.68. The monoisotopic (exact) mass is 426 g/mol. The maximum Gasteiger partial charge on any atom is 0.252 e. The Balaban J connectivity index is 1.77. The SMILES string of the molecule is CCN(CC)S(=O)(=O)c1ccc(CCNC(=NC)NCCC2=CCCCC2)s1. The molecule has 0 saturated heterocycles. The molecule has 0 saturated carbocycles. The number of nitrogens with one attached hydrogen (secondary N) is 2. The fourth-order valence-corrected chi connectivity index (χ4v) is 6.29. The van der Waals surface area contributed by atoms with Crippen molar-refractivity contribution in [3.63, 3.8) is 0 Å². The lowest BCUT2D eigenvalue weighted by atomic mass is 9.97. The van der Waals surface area contributed by atoms with Crippen LogP contribution in [-0.2, 0) is 16.4 Å². The van der Waals surface area contributed by atoms with Crippen molar-refractivity contribution in [3.8, 4) is 0 Å². The van der Waals surface area contributed by atoms with Crippen LogP contribution in [0.2, 0.25) is 0 Å². The van der Waals surface area contributed by atoms with Crippen molar-refractivity contribution in [3.05, 3.63) is 28.7 Å². The highest BCUT2D eigenvalue weighted by Crippen LogP contribution is 2.25. The molecule has 0 spiro atoms. The maximum atomic E-state index is 12.6.